The summed E-state index contributed by atoms with van der Waals surface area (Å²) in [6.45, 7) is 6.44. The highest BCUT2D eigenvalue weighted by atomic mass is 14.3. The molecule has 0 spiro atoms. The summed E-state index contributed by atoms with van der Waals surface area (Å²) in [4.78, 5) is 0. The predicted octanol–water partition coefficient (Wildman–Crippen LogP) is 3.41. The van der Waals surface area contributed by atoms with E-state index in [0.717, 1.165) is 5.56 Å². The van der Waals surface area contributed by atoms with Gasteiger partial charge in [0.25, 0.3) is 0 Å². The number of nitriles is 2. The summed E-state index contributed by atoms with van der Waals surface area (Å²) < 4.78 is 0. The van der Waals surface area contributed by atoms with Crippen LogP contribution in [0.2, 0.25) is 0 Å². The Balaban J connectivity index is 3.03. The molecule has 1 aromatic carbocycles. The molecule has 0 aliphatic heterocycles. The van der Waals surface area contributed by atoms with Gasteiger partial charge in [0.05, 0.1) is 0 Å². The van der Waals surface area contributed by atoms with E-state index in [1.165, 1.54) is 5.56 Å². The van der Waals surface area contributed by atoms with Crippen molar-refractivity contribution in [2.75, 3.05) is 0 Å². The van der Waals surface area contributed by atoms with Crippen LogP contribution >= 0.6 is 0 Å². The molecule has 0 fully saturated rings. The average molecular weight is 210 g/mol. The summed E-state index contributed by atoms with van der Waals surface area (Å²) >= 11 is 0. The summed E-state index contributed by atoms with van der Waals surface area (Å²) in [5.74, 6) is 0. The lowest BCUT2D eigenvalue weighted by Crippen LogP contribution is -2.10. The molecule has 16 heavy (non-hydrogen) atoms. The Morgan fingerprint density at radius 2 is 1.56 bits per heavy atom. The largest absolute Gasteiger partial charge is 0.192 e. The third kappa shape index (κ3) is 2.97. The van der Waals surface area contributed by atoms with E-state index in [9.17, 15) is 0 Å². The van der Waals surface area contributed by atoms with Crippen LogP contribution in [-0.2, 0) is 5.41 Å². The summed E-state index contributed by atoms with van der Waals surface area (Å²) in [6.07, 6.45) is 1.59. The Morgan fingerprint density at radius 3 is 1.94 bits per heavy atom. The van der Waals surface area contributed by atoms with Gasteiger partial charge in [-0.1, -0.05) is 45.0 Å². The second kappa shape index (κ2) is 4.64. The van der Waals surface area contributed by atoms with E-state index in [-0.39, 0.29) is 11.0 Å². The van der Waals surface area contributed by atoms with Gasteiger partial charge in [-0.25, -0.2) is 0 Å². The minimum Gasteiger partial charge on any atom is -0.192 e. The van der Waals surface area contributed by atoms with E-state index in [4.69, 9.17) is 10.5 Å². The first-order chi connectivity index (χ1) is 7.47. The predicted molar refractivity (Wildman–Crippen MR) is 64.3 cm³/mol. The Bertz CT molecular complexity index is 457. The molecule has 0 aliphatic rings. The molecule has 80 valence electrons. The molecule has 0 saturated carbocycles. The summed E-state index contributed by atoms with van der Waals surface area (Å²) in [5.41, 5.74) is 2.37. The summed E-state index contributed by atoms with van der Waals surface area (Å²) in [7, 11) is 0. The van der Waals surface area contributed by atoms with Crippen LogP contribution in [0.25, 0.3) is 6.08 Å². The average Bonchev–Trinajstić information content (AvgIpc) is 2.25. The first-order valence-electron chi connectivity index (χ1n) is 5.10. The molecule has 1 aromatic rings. The molecule has 0 atom stereocenters. The maximum absolute atomic E-state index is 8.63. The van der Waals surface area contributed by atoms with Crippen LogP contribution in [0.15, 0.2) is 29.8 Å². The minimum absolute atomic E-state index is 0.121. The number of benzene rings is 1. The molecule has 0 N–H and O–H groups in total. The molecule has 0 radical (unpaired) electrons. The first kappa shape index (κ1) is 12.0. The normalized spacial score (nSPS) is 10.1. The quantitative estimate of drug-likeness (QED) is 0.667. The molecule has 0 bridgehead atoms. The fourth-order valence-corrected chi connectivity index (χ4v) is 1.34. The Labute approximate surface area is 96.4 Å². The molecule has 0 amide bonds. The van der Waals surface area contributed by atoms with Gasteiger partial charge >= 0.3 is 0 Å². The van der Waals surface area contributed by atoms with Gasteiger partial charge in [-0.2, -0.15) is 10.5 Å². The molecule has 0 heterocycles. The molecular weight excluding hydrogens is 196 g/mol. The second-order valence-corrected chi connectivity index (χ2v) is 4.65. The minimum atomic E-state index is 0.121. The van der Waals surface area contributed by atoms with Crippen molar-refractivity contribution in [2.45, 2.75) is 26.2 Å². The van der Waals surface area contributed by atoms with Crippen LogP contribution in [-0.4, -0.2) is 0 Å². The maximum Gasteiger partial charge on any atom is 0.130 e. The number of rotatable bonds is 1. The topological polar surface area (TPSA) is 47.6 Å². The SMILES string of the molecule is CC(C)(C)c1ccc(C=C(C#N)C#N)cc1. The van der Waals surface area contributed by atoms with E-state index < -0.39 is 0 Å². The number of hydrogen-bond acceptors (Lipinski definition) is 2. The Kier molecular flexibility index (Phi) is 3.48. The smallest absolute Gasteiger partial charge is 0.130 e. The molecule has 0 unspecified atom stereocenters. The second-order valence-electron chi connectivity index (χ2n) is 4.65. The first-order valence-corrected chi connectivity index (χ1v) is 5.10. The van der Waals surface area contributed by atoms with Crippen molar-refractivity contribution in [1.82, 2.24) is 0 Å². The van der Waals surface area contributed by atoms with Crippen LogP contribution in [0, 0.1) is 22.7 Å². The van der Waals surface area contributed by atoms with Gasteiger partial charge < -0.3 is 0 Å². The van der Waals surface area contributed by atoms with Crippen LogP contribution in [0.3, 0.4) is 0 Å². The molecular formula is C14H14N2. The molecule has 0 saturated heterocycles. The molecule has 0 aliphatic carbocycles. The molecule has 2 heteroatoms. The zero-order valence-electron chi connectivity index (χ0n) is 9.78. The van der Waals surface area contributed by atoms with Crippen molar-refractivity contribution in [1.29, 1.82) is 10.5 Å². The number of hydrogen-bond donors (Lipinski definition) is 0. The Morgan fingerprint density at radius 1 is 1.06 bits per heavy atom. The highest BCUT2D eigenvalue weighted by Gasteiger charge is 2.12. The van der Waals surface area contributed by atoms with Crippen LogP contribution < -0.4 is 0 Å². The molecule has 0 aromatic heterocycles. The van der Waals surface area contributed by atoms with Gasteiger partial charge in [0.1, 0.15) is 17.7 Å². The fraction of sp³-hybridized carbons (Fsp3) is 0.286. The van der Waals surface area contributed by atoms with E-state index in [1.54, 1.807) is 6.08 Å². The van der Waals surface area contributed by atoms with Crippen molar-refractivity contribution in [3.05, 3.63) is 41.0 Å². The lowest BCUT2D eigenvalue weighted by molar-refractivity contribution is 0.590. The van der Waals surface area contributed by atoms with Crippen molar-refractivity contribution >= 4 is 6.08 Å². The van der Waals surface area contributed by atoms with Crippen molar-refractivity contribution in [3.8, 4) is 12.1 Å². The summed E-state index contributed by atoms with van der Waals surface area (Å²) in [6, 6.07) is 11.6. The van der Waals surface area contributed by atoms with Gasteiger partial charge in [0.2, 0.25) is 0 Å². The molecule has 1 rings (SSSR count). The highest BCUT2D eigenvalue weighted by Crippen LogP contribution is 2.22. The zero-order valence-corrected chi connectivity index (χ0v) is 9.78. The lowest BCUT2D eigenvalue weighted by atomic mass is 9.86. The van der Waals surface area contributed by atoms with Crippen molar-refractivity contribution in [2.24, 2.45) is 0 Å². The lowest BCUT2D eigenvalue weighted by Gasteiger charge is -2.18. The summed E-state index contributed by atoms with van der Waals surface area (Å²) in [5, 5.41) is 17.3. The van der Waals surface area contributed by atoms with E-state index in [0.29, 0.717) is 0 Å². The standard InChI is InChI=1S/C14H14N2/c1-14(2,3)13-6-4-11(5-7-13)8-12(9-15)10-16/h4-8H,1-3H3. The number of nitrogens with zero attached hydrogens (tertiary/aromatic N) is 2. The van der Waals surface area contributed by atoms with E-state index in [2.05, 4.69) is 20.8 Å². The van der Waals surface area contributed by atoms with Gasteiger partial charge in [-0.15, -0.1) is 0 Å². The van der Waals surface area contributed by atoms with E-state index in [1.807, 2.05) is 36.4 Å². The van der Waals surface area contributed by atoms with Crippen LogP contribution in [0.4, 0.5) is 0 Å². The monoisotopic (exact) mass is 210 g/mol. The highest BCUT2D eigenvalue weighted by molar-refractivity contribution is 5.62. The van der Waals surface area contributed by atoms with Gasteiger partial charge in [-0.05, 0) is 22.6 Å². The Hall–Kier alpha value is -2.06. The van der Waals surface area contributed by atoms with E-state index >= 15 is 0 Å². The number of allylic oxidation sites excluding steroid dienone is 1. The van der Waals surface area contributed by atoms with Gasteiger partial charge in [0.15, 0.2) is 0 Å². The van der Waals surface area contributed by atoms with Gasteiger partial charge in [0, 0.05) is 0 Å². The van der Waals surface area contributed by atoms with Gasteiger partial charge in [-0.3, -0.25) is 0 Å². The third-order valence-corrected chi connectivity index (χ3v) is 2.33. The van der Waals surface area contributed by atoms with Crippen molar-refractivity contribution < 1.29 is 0 Å². The maximum atomic E-state index is 8.63. The fourth-order valence-electron chi connectivity index (χ4n) is 1.34. The van der Waals surface area contributed by atoms with Crippen LogP contribution in [0.1, 0.15) is 31.9 Å². The zero-order chi connectivity index (χ0) is 12.2. The van der Waals surface area contributed by atoms with Crippen molar-refractivity contribution in [3.63, 3.8) is 0 Å². The molecule has 2 nitrogen and oxygen atoms in total. The van der Waals surface area contributed by atoms with Crippen LogP contribution in [0.5, 0.6) is 0 Å². The third-order valence-electron chi connectivity index (χ3n) is 2.33.